The Kier molecular flexibility index (Phi) is 4.01. The predicted molar refractivity (Wildman–Crippen MR) is 103 cm³/mol. The van der Waals surface area contributed by atoms with Crippen LogP contribution in [0.3, 0.4) is 0 Å². The van der Waals surface area contributed by atoms with E-state index in [1.807, 2.05) is 24.3 Å². The lowest BCUT2D eigenvalue weighted by atomic mass is 10.1. The number of carbonyl (C=O) groups is 1. The maximum atomic E-state index is 11.6. The number of carbonyl (C=O) groups excluding carboxylic acids is 1. The number of hydrogen-bond acceptors (Lipinski definition) is 6. The van der Waals surface area contributed by atoms with Gasteiger partial charge in [-0.15, -0.1) is 0 Å². The number of hydrogen-bond donors (Lipinski definition) is 2. The van der Waals surface area contributed by atoms with Crippen molar-refractivity contribution in [3.63, 3.8) is 0 Å². The van der Waals surface area contributed by atoms with Gasteiger partial charge in [0.25, 0.3) is 0 Å². The van der Waals surface area contributed by atoms with E-state index in [9.17, 15) is 4.79 Å². The van der Waals surface area contributed by atoms with Crippen molar-refractivity contribution in [1.29, 1.82) is 0 Å². The third kappa shape index (κ3) is 2.86. The van der Waals surface area contributed by atoms with Gasteiger partial charge in [-0.25, -0.2) is 9.97 Å². The van der Waals surface area contributed by atoms with Crippen LogP contribution in [0.5, 0.6) is 0 Å². The Morgan fingerprint density at radius 2 is 2.00 bits per heavy atom. The lowest BCUT2D eigenvalue weighted by molar-refractivity contribution is 0.101. The van der Waals surface area contributed by atoms with Crippen LogP contribution in [0, 0.1) is 0 Å². The minimum Gasteiger partial charge on any atom is -0.393 e. The van der Waals surface area contributed by atoms with Crippen molar-refractivity contribution >= 4 is 34.5 Å². The van der Waals surface area contributed by atoms with Gasteiger partial charge in [0.1, 0.15) is 12.0 Å². The molecule has 1 aliphatic rings. The van der Waals surface area contributed by atoms with Crippen molar-refractivity contribution in [3.8, 4) is 0 Å². The molecule has 130 valence electrons. The summed E-state index contributed by atoms with van der Waals surface area (Å²) in [6.45, 7) is 2.38. The molecule has 3 aromatic rings. The van der Waals surface area contributed by atoms with Crippen LogP contribution in [0.25, 0.3) is 0 Å². The highest BCUT2D eigenvalue weighted by molar-refractivity contribution is 5.95. The zero-order valence-corrected chi connectivity index (χ0v) is 14.4. The van der Waals surface area contributed by atoms with Gasteiger partial charge in [-0.3, -0.25) is 4.79 Å². The molecule has 4 rings (SSSR count). The normalized spacial score (nSPS) is 12.7. The largest absolute Gasteiger partial charge is 0.393 e. The number of nitrogen functional groups attached to an aromatic ring is 1. The number of nitrogens with one attached hydrogen (secondary N) is 1. The van der Waals surface area contributed by atoms with Crippen LogP contribution in [-0.2, 0) is 6.42 Å². The molecule has 0 aliphatic carbocycles. The molecule has 6 nitrogen and oxygen atoms in total. The van der Waals surface area contributed by atoms with Gasteiger partial charge in [-0.2, -0.15) is 0 Å². The van der Waals surface area contributed by atoms with Gasteiger partial charge in [0.2, 0.25) is 0 Å². The molecule has 0 saturated heterocycles. The molecule has 0 unspecified atom stereocenters. The summed E-state index contributed by atoms with van der Waals surface area (Å²) in [7, 11) is 0. The second-order valence-electron chi connectivity index (χ2n) is 6.25. The lowest BCUT2D eigenvalue weighted by Gasteiger charge is -2.21. The first-order chi connectivity index (χ1) is 12.6. The van der Waals surface area contributed by atoms with Crippen LogP contribution in [0.4, 0.5) is 28.7 Å². The van der Waals surface area contributed by atoms with E-state index in [1.54, 1.807) is 19.1 Å². The maximum Gasteiger partial charge on any atom is 0.161 e. The number of aromatic nitrogens is 2. The monoisotopic (exact) mass is 345 g/mol. The van der Waals surface area contributed by atoms with E-state index in [0.29, 0.717) is 22.9 Å². The van der Waals surface area contributed by atoms with Gasteiger partial charge in [0, 0.05) is 23.5 Å². The fourth-order valence-corrected chi connectivity index (χ4v) is 3.21. The van der Waals surface area contributed by atoms with E-state index in [-0.39, 0.29) is 5.78 Å². The van der Waals surface area contributed by atoms with E-state index in [2.05, 4.69) is 32.3 Å². The molecule has 1 aliphatic heterocycles. The number of benzene rings is 2. The molecule has 3 N–H and O–H groups in total. The first kappa shape index (κ1) is 16.1. The molecule has 0 atom stereocenters. The van der Waals surface area contributed by atoms with E-state index < -0.39 is 0 Å². The number of ketones is 1. The Morgan fingerprint density at radius 1 is 1.15 bits per heavy atom. The van der Waals surface area contributed by atoms with E-state index >= 15 is 0 Å². The first-order valence-electron chi connectivity index (χ1n) is 8.47. The highest BCUT2D eigenvalue weighted by Crippen LogP contribution is 2.38. The van der Waals surface area contributed by atoms with Crippen LogP contribution >= 0.6 is 0 Å². The minimum absolute atomic E-state index is 0.0127. The van der Waals surface area contributed by atoms with Crippen molar-refractivity contribution in [2.24, 2.45) is 0 Å². The van der Waals surface area contributed by atoms with Crippen LogP contribution in [-0.4, -0.2) is 22.3 Å². The number of Topliss-reactive ketones (excluding diaryl/α,β-unsaturated/α-hetero) is 1. The Hall–Kier alpha value is -3.41. The Balaban J connectivity index is 1.67. The van der Waals surface area contributed by atoms with Gasteiger partial charge >= 0.3 is 0 Å². The highest BCUT2D eigenvalue weighted by Gasteiger charge is 2.24. The van der Waals surface area contributed by atoms with Gasteiger partial charge in [0.15, 0.2) is 17.4 Å². The third-order valence-corrected chi connectivity index (χ3v) is 4.54. The molecule has 0 spiro atoms. The topological polar surface area (TPSA) is 84.1 Å². The Bertz CT molecular complexity index is 985. The quantitative estimate of drug-likeness (QED) is 0.702. The number of nitrogens with zero attached hydrogens (tertiary/aromatic N) is 3. The number of fused-ring (bicyclic) bond motifs is 1. The minimum atomic E-state index is 0.0127. The summed E-state index contributed by atoms with van der Waals surface area (Å²) < 4.78 is 0. The second-order valence-corrected chi connectivity index (χ2v) is 6.25. The summed E-state index contributed by atoms with van der Waals surface area (Å²) in [5, 5.41) is 3.20. The van der Waals surface area contributed by atoms with Crippen molar-refractivity contribution < 1.29 is 4.79 Å². The second kappa shape index (κ2) is 6.48. The summed E-state index contributed by atoms with van der Waals surface area (Å²) in [4.78, 5) is 22.4. The fraction of sp³-hybridized carbons (Fsp3) is 0.150. The maximum absolute atomic E-state index is 11.6. The van der Waals surface area contributed by atoms with Gasteiger partial charge in [-0.1, -0.05) is 30.3 Å². The smallest absolute Gasteiger partial charge is 0.161 e. The van der Waals surface area contributed by atoms with Gasteiger partial charge < -0.3 is 16.0 Å². The highest BCUT2D eigenvalue weighted by atomic mass is 16.1. The van der Waals surface area contributed by atoms with E-state index in [0.717, 1.165) is 24.3 Å². The van der Waals surface area contributed by atoms with E-state index in [1.165, 1.54) is 11.9 Å². The van der Waals surface area contributed by atoms with E-state index in [4.69, 9.17) is 5.73 Å². The van der Waals surface area contributed by atoms with Crippen LogP contribution in [0.2, 0.25) is 0 Å². The number of para-hydroxylation sites is 1. The third-order valence-electron chi connectivity index (χ3n) is 4.54. The summed E-state index contributed by atoms with van der Waals surface area (Å²) in [6, 6.07) is 15.5. The average molecular weight is 345 g/mol. The summed E-state index contributed by atoms with van der Waals surface area (Å²) in [5.74, 6) is 1.23. The zero-order chi connectivity index (χ0) is 18.1. The molecule has 0 saturated carbocycles. The number of rotatable bonds is 4. The summed E-state index contributed by atoms with van der Waals surface area (Å²) in [6.07, 6.45) is 2.47. The van der Waals surface area contributed by atoms with Crippen molar-refractivity contribution in [1.82, 2.24) is 9.97 Å². The molecule has 0 amide bonds. The van der Waals surface area contributed by atoms with Crippen molar-refractivity contribution in [2.45, 2.75) is 13.3 Å². The zero-order valence-electron chi connectivity index (χ0n) is 14.4. The standard InChI is InChI=1S/C20H19N5O/c1-13(26)15-6-4-7-16(11-15)24-19-18(21)20(23-12-22-19)25-10-9-14-5-2-3-8-17(14)25/h2-8,11-12H,9-10,21H2,1H3,(H,22,23,24). The molecule has 0 bridgehead atoms. The number of anilines is 5. The molecule has 0 radical (unpaired) electrons. The molecule has 26 heavy (non-hydrogen) atoms. The summed E-state index contributed by atoms with van der Waals surface area (Å²) >= 11 is 0. The van der Waals surface area contributed by atoms with Crippen LogP contribution in [0.1, 0.15) is 22.8 Å². The molecule has 2 heterocycles. The Labute approximate surface area is 151 Å². The molecule has 1 aromatic heterocycles. The Morgan fingerprint density at radius 3 is 2.85 bits per heavy atom. The first-order valence-corrected chi connectivity index (χ1v) is 8.47. The fourth-order valence-electron chi connectivity index (χ4n) is 3.21. The van der Waals surface area contributed by atoms with Crippen molar-refractivity contribution in [2.75, 3.05) is 22.5 Å². The number of nitrogens with two attached hydrogens (primary N) is 1. The van der Waals surface area contributed by atoms with Gasteiger partial charge in [0.05, 0.1) is 0 Å². The SMILES string of the molecule is CC(=O)c1cccc(Nc2ncnc(N3CCc4ccccc43)c2N)c1. The molecule has 6 heteroatoms. The molecule has 2 aromatic carbocycles. The average Bonchev–Trinajstić information content (AvgIpc) is 3.08. The lowest BCUT2D eigenvalue weighted by Crippen LogP contribution is -2.17. The van der Waals surface area contributed by atoms with Crippen LogP contribution in [0.15, 0.2) is 54.9 Å². The predicted octanol–water partition coefficient (Wildman–Crippen LogP) is 3.70. The molecular weight excluding hydrogens is 326 g/mol. The van der Waals surface area contributed by atoms with Gasteiger partial charge in [-0.05, 0) is 37.1 Å². The summed E-state index contributed by atoms with van der Waals surface area (Å²) in [5.41, 5.74) is 10.7. The molecular formula is C20H19N5O. The molecule has 0 fully saturated rings. The van der Waals surface area contributed by atoms with Crippen LogP contribution < -0.4 is 16.0 Å². The van der Waals surface area contributed by atoms with Crippen molar-refractivity contribution in [3.05, 3.63) is 66.0 Å².